The first-order valence-electron chi connectivity index (χ1n) is 26.8. The van der Waals surface area contributed by atoms with Crippen molar-refractivity contribution in [3.63, 3.8) is 0 Å². The zero-order valence-corrected chi connectivity index (χ0v) is 47.3. The molecule has 1 aromatic carbocycles. The van der Waals surface area contributed by atoms with Crippen molar-refractivity contribution in [2.45, 2.75) is 139 Å². The van der Waals surface area contributed by atoms with Gasteiger partial charge in [-0.3, -0.25) is 72.1 Å². The zero-order chi connectivity index (χ0) is 66.5. The number of nitrogens with two attached hydrogens (primary N) is 2. The Kier molecular flexibility index (Phi) is 29.2. The monoisotopic (exact) mass is 1250 g/mol. The average Bonchev–Trinajstić information content (AvgIpc) is 3.02. The van der Waals surface area contributed by atoms with Gasteiger partial charge in [-0.25, -0.2) is 14.8 Å². The van der Waals surface area contributed by atoms with E-state index in [0.29, 0.717) is 17.8 Å². The minimum absolute atomic E-state index is 0.0244. The SMILES string of the molecule is C[C@H](CCC(=O)N[C@H](CC(=O)O)C(=O)N[C@H](CC(=O)O)C(=O)N[C@H](CC(=O)O)C(=O)N[C@@H](CCCN=[N+]=[N-])C(=O)N[C@H](CC(=O)O)C(=O)N[C@H](CC(=O)O)C(=O)NC(CCCCN)C(=O)O)NC(=O)c1ccc(NCc2cnc3nc(N)[nH]c(=O)c3n2)cc1. The summed E-state index contributed by atoms with van der Waals surface area (Å²) < 4.78 is 0. The van der Waals surface area contributed by atoms with E-state index in [2.05, 4.69) is 56.5 Å². The van der Waals surface area contributed by atoms with E-state index in [4.69, 9.17) is 17.0 Å². The Morgan fingerprint density at radius 2 is 1.02 bits per heavy atom. The van der Waals surface area contributed by atoms with Gasteiger partial charge in [-0.2, -0.15) is 4.98 Å². The fraction of sp³-hybridized carbons (Fsp3) is 0.480. The molecule has 39 heteroatoms. The van der Waals surface area contributed by atoms with Crippen LogP contribution in [-0.2, 0) is 68.9 Å². The van der Waals surface area contributed by atoms with Gasteiger partial charge < -0.3 is 90.0 Å². The van der Waals surface area contributed by atoms with Crippen molar-refractivity contribution in [2.24, 2.45) is 10.8 Å². The minimum atomic E-state index is -2.27. The van der Waals surface area contributed by atoms with E-state index in [1.54, 1.807) is 12.1 Å². The maximum atomic E-state index is 13.8. The van der Waals surface area contributed by atoms with Crippen LogP contribution in [0.5, 0.6) is 0 Å². The number of H-pyrrole nitrogens is 1. The number of nitrogen functional groups attached to an aromatic ring is 1. The Labute approximate surface area is 501 Å². The van der Waals surface area contributed by atoms with Crippen molar-refractivity contribution in [3.05, 3.63) is 62.5 Å². The molecule has 482 valence electrons. The number of aliphatic carboxylic acids is 6. The molecule has 0 saturated heterocycles. The van der Waals surface area contributed by atoms with Crippen LogP contribution in [0.25, 0.3) is 21.6 Å². The van der Waals surface area contributed by atoms with E-state index in [1.165, 1.54) is 25.3 Å². The van der Waals surface area contributed by atoms with Crippen molar-refractivity contribution in [1.82, 2.24) is 62.5 Å². The fourth-order valence-corrected chi connectivity index (χ4v) is 7.96. The summed E-state index contributed by atoms with van der Waals surface area (Å²) in [7, 11) is 0. The lowest BCUT2D eigenvalue weighted by Gasteiger charge is -2.27. The number of rotatable bonds is 40. The minimum Gasteiger partial charge on any atom is -0.481 e. The molecule has 2 aromatic heterocycles. The van der Waals surface area contributed by atoms with E-state index < -0.39 is 182 Å². The normalized spacial score (nSPS) is 13.5. The maximum Gasteiger partial charge on any atom is 0.326 e. The van der Waals surface area contributed by atoms with E-state index in [0.717, 1.165) is 0 Å². The number of nitrogens with one attached hydrogen (secondary N) is 10. The van der Waals surface area contributed by atoms with Crippen LogP contribution >= 0.6 is 0 Å². The Hall–Kier alpha value is -11.1. The van der Waals surface area contributed by atoms with Crippen molar-refractivity contribution < 1.29 is 97.8 Å². The highest BCUT2D eigenvalue weighted by Gasteiger charge is 2.37. The second-order valence-electron chi connectivity index (χ2n) is 19.5. The Balaban J connectivity index is 1.73. The third-order valence-electron chi connectivity index (χ3n) is 12.4. The number of amides is 8. The van der Waals surface area contributed by atoms with Crippen LogP contribution in [0.4, 0.5) is 11.6 Å². The van der Waals surface area contributed by atoms with Gasteiger partial charge in [-0.1, -0.05) is 5.11 Å². The number of carboxylic acid groups (broad SMARTS) is 6. The molecule has 3 aromatic rings. The highest BCUT2D eigenvalue weighted by Crippen LogP contribution is 2.14. The molecule has 0 saturated carbocycles. The molecule has 0 bridgehead atoms. The molecule has 0 aliphatic rings. The van der Waals surface area contributed by atoms with Gasteiger partial charge in [0.1, 0.15) is 42.3 Å². The lowest BCUT2D eigenvalue weighted by molar-refractivity contribution is -0.145. The van der Waals surface area contributed by atoms with Gasteiger partial charge in [0.15, 0.2) is 11.2 Å². The molecule has 89 heavy (non-hydrogen) atoms. The predicted octanol–water partition coefficient (Wildman–Crippen LogP) is -4.12. The molecule has 39 nitrogen and oxygen atoms in total. The van der Waals surface area contributed by atoms with Gasteiger partial charge >= 0.3 is 35.8 Å². The van der Waals surface area contributed by atoms with Gasteiger partial charge in [0.2, 0.25) is 47.3 Å². The first kappa shape index (κ1) is 72.2. The van der Waals surface area contributed by atoms with Crippen LogP contribution in [0, 0.1) is 0 Å². The summed E-state index contributed by atoms with van der Waals surface area (Å²) in [4.78, 5) is 208. The van der Waals surface area contributed by atoms with Crippen LogP contribution in [0.2, 0.25) is 0 Å². The summed E-state index contributed by atoms with van der Waals surface area (Å²) in [6.07, 6.45) is -5.87. The van der Waals surface area contributed by atoms with Gasteiger partial charge in [0, 0.05) is 35.2 Å². The number of aromatic amines is 1. The van der Waals surface area contributed by atoms with Crippen LogP contribution < -0.4 is 64.9 Å². The molecule has 0 fully saturated rings. The first-order chi connectivity index (χ1) is 42.0. The molecular weight excluding hydrogens is 1190 g/mol. The van der Waals surface area contributed by atoms with Gasteiger partial charge in [0.25, 0.3) is 11.5 Å². The van der Waals surface area contributed by atoms with Crippen LogP contribution in [0.3, 0.4) is 0 Å². The summed E-state index contributed by atoms with van der Waals surface area (Å²) in [5.41, 5.74) is 20.3. The highest BCUT2D eigenvalue weighted by atomic mass is 16.4. The number of carbonyl (C=O) groups excluding carboxylic acids is 8. The Morgan fingerprint density at radius 1 is 0.584 bits per heavy atom. The van der Waals surface area contributed by atoms with Gasteiger partial charge in [0.05, 0.1) is 50.5 Å². The molecule has 0 radical (unpaired) electrons. The molecule has 2 heterocycles. The summed E-state index contributed by atoms with van der Waals surface area (Å²) >= 11 is 0. The highest BCUT2D eigenvalue weighted by molar-refractivity contribution is 6.00. The fourth-order valence-electron chi connectivity index (χ4n) is 7.96. The van der Waals surface area contributed by atoms with Crippen LogP contribution in [0.15, 0.2) is 40.4 Å². The number of carbonyl (C=O) groups is 14. The third-order valence-corrected chi connectivity index (χ3v) is 12.4. The number of azide groups is 1. The van der Waals surface area contributed by atoms with Gasteiger partial charge in [-0.15, -0.1) is 0 Å². The topological polar surface area (TPSA) is 641 Å². The molecule has 0 aliphatic heterocycles. The Morgan fingerprint density at radius 3 is 1.47 bits per heavy atom. The number of anilines is 2. The number of carboxylic acids is 6. The number of hydrogen-bond acceptors (Lipinski definition) is 22. The molecule has 20 N–H and O–H groups in total. The van der Waals surface area contributed by atoms with Crippen LogP contribution in [-0.4, -0.2) is 195 Å². The summed E-state index contributed by atoms with van der Waals surface area (Å²) in [5.74, 6) is -20.8. The smallest absolute Gasteiger partial charge is 0.326 e. The van der Waals surface area contributed by atoms with Crippen molar-refractivity contribution >= 4 is 106 Å². The van der Waals surface area contributed by atoms with E-state index in [1.807, 2.05) is 21.3 Å². The second-order valence-corrected chi connectivity index (χ2v) is 19.5. The predicted molar refractivity (Wildman–Crippen MR) is 301 cm³/mol. The number of unbranched alkanes of at least 4 members (excludes halogenated alkanes) is 1. The number of aromatic nitrogens is 4. The van der Waals surface area contributed by atoms with Crippen LogP contribution in [0.1, 0.15) is 100 Å². The molecule has 8 amide bonds. The van der Waals surface area contributed by atoms with Crippen molar-refractivity contribution in [1.29, 1.82) is 0 Å². The molecule has 1 unspecified atom stereocenters. The van der Waals surface area contributed by atoms with Gasteiger partial charge in [-0.05, 0) is 81.8 Å². The largest absolute Gasteiger partial charge is 0.481 e. The summed E-state index contributed by atoms with van der Waals surface area (Å²) in [5, 5.41) is 80.8. The lowest BCUT2D eigenvalue weighted by Crippen LogP contribution is -2.60. The van der Waals surface area contributed by atoms with Crippen molar-refractivity contribution in [3.8, 4) is 0 Å². The van der Waals surface area contributed by atoms with Crippen molar-refractivity contribution in [2.75, 3.05) is 24.1 Å². The number of nitrogens with zero attached hydrogens (tertiary/aromatic N) is 6. The summed E-state index contributed by atoms with van der Waals surface area (Å²) in [6, 6.07) is -8.97. The maximum absolute atomic E-state index is 13.8. The van der Waals surface area contributed by atoms with E-state index >= 15 is 0 Å². The second kappa shape index (κ2) is 36.0. The average molecular weight is 1260 g/mol. The standard InChI is InChI=1S/C50H66N18O21/c1-22(57-41(80)23-8-10-24(11-9-23)54-20-25-21-55-40-39(58-25)48(87)67-50(52)66-40)7-12-33(69)59-28(15-34(70)71)43(82)63-32(19-38(78)79)47(86)64-29(16-35(72)73)44(83)60-26(6-4-14-56-68-53)42(81)62-31(18-37(76)77)46(85)65-30(17-36(74)75)45(84)61-27(49(88)89)5-2-3-13-51/h8-11,21-22,26-32,54H,2-7,12-20,51H2,1H3,(H,57,80)(H,59,69)(H,60,83)(H,61,84)(H,62,81)(H,63,82)(H,64,86)(H,65,85)(H,70,71)(H,72,73)(H,74,75)(H,76,77)(H,78,79)(H,88,89)(H3,52,55,66,67,87)/t22-,26+,27?,28-,29-,30-,31-,32-/m1/s1. The number of fused-ring (bicyclic) bond motifs is 1. The first-order valence-corrected chi connectivity index (χ1v) is 26.8. The molecule has 8 atom stereocenters. The lowest BCUT2D eigenvalue weighted by atomic mass is 10.1. The molecule has 0 aliphatic carbocycles. The molecule has 3 rings (SSSR count). The third kappa shape index (κ3) is 26.0. The number of benzene rings is 1. The zero-order valence-electron chi connectivity index (χ0n) is 47.3. The quantitative estimate of drug-likeness (QED) is 0.0111. The van der Waals surface area contributed by atoms with E-state index in [9.17, 15) is 103 Å². The molecular formula is C50H66N18O21. The molecule has 0 spiro atoms. The summed E-state index contributed by atoms with van der Waals surface area (Å²) in [6.45, 7) is 1.45. The Bertz CT molecular complexity index is 3230. The number of hydrogen-bond donors (Lipinski definition) is 18. The van der Waals surface area contributed by atoms with E-state index in [-0.39, 0.29) is 68.0 Å².